The van der Waals surface area contributed by atoms with Gasteiger partial charge in [-0.2, -0.15) is 0 Å². The second-order valence-electron chi connectivity index (χ2n) is 6.28. The molecule has 2 aromatic heterocycles. The van der Waals surface area contributed by atoms with E-state index in [2.05, 4.69) is 20.4 Å². The van der Waals surface area contributed by atoms with Crippen molar-refractivity contribution in [3.05, 3.63) is 71.5 Å². The molecule has 2 N–H and O–H groups in total. The highest BCUT2D eigenvalue weighted by atomic mass is 32.2. The minimum absolute atomic E-state index is 0.184. The minimum Gasteiger partial charge on any atom is -0.360 e. The first-order valence-corrected chi connectivity index (χ1v) is 9.38. The van der Waals surface area contributed by atoms with Gasteiger partial charge in [-0.05, 0) is 37.1 Å². The number of aryl methyl sites for hydroxylation is 2. The monoisotopic (exact) mass is 378 g/mol. The van der Waals surface area contributed by atoms with Crippen molar-refractivity contribution >= 4 is 34.5 Å². The van der Waals surface area contributed by atoms with Gasteiger partial charge < -0.3 is 14.8 Å². The van der Waals surface area contributed by atoms with E-state index in [0.717, 1.165) is 22.2 Å². The van der Waals surface area contributed by atoms with Crippen LogP contribution in [0.2, 0.25) is 0 Å². The van der Waals surface area contributed by atoms with Gasteiger partial charge in [0.15, 0.2) is 11.0 Å². The minimum atomic E-state index is -0.482. The van der Waals surface area contributed by atoms with Gasteiger partial charge in [0.25, 0.3) is 0 Å². The zero-order valence-corrected chi connectivity index (χ0v) is 15.7. The summed E-state index contributed by atoms with van der Waals surface area (Å²) in [4.78, 5) is 20.8. The second-order valence-corrected chi connectivity index (χ2v) is 7.38. The van der Waals surface area contributed by atoms with Gasteiger partial charge in [0.2, 0.25) is 5.91 Å². The highest BCUT2D eigenvalue weighted by molar-refractivity contribution is 8.00. The van der Waals surface area contributed by atoms with E-state index >= 15 is 0 Å². The van der Waals surface area contributed by atoms with Gasteiger partial charge in [0.1, 0.15) is 11.0 Å². The molecule has 0 spiro atoms. The fourth-order valence-electron chi connectivity index (χ4n) is 2.79. The first kappa shape index (κ1) is 17.4. The van der Waals surface area contributed by atoms with Gasteiger partial charge in [0, 0.05) is 6.07 Å². The van der Waals surface area contributed by atoms with Crippen LogP contribution in [0.5, 0.6) is 0 Å². The average molecular weight is 378 g/mol. The number of nitrogens with zero attached hydrogens (tertiary/aromatic N) is 2. The Hall–Kier alpha value is -3.06. The van der Waals surface area contributed by atoms with Crippen LogP contribution in [0.15, 0.2) is 64.3 Å². The lowest BCUT2D eigenvalue weighted by atomic mass is 10.1. The largest absolute Gasteiger partial charge is 0.360 e. The second kappa shape index (κ2) is 7.28. The Morgan fingerprint density at radius 2 is 1.96 bits per heavy atom. The number of thioether (sulfide) groups is 1. The van der Waals surface area contributed by atoms with E-state index in [1.54, 1.807) is 13.0 Å². The van der Waals surface area contributed by atoms with Crippen molar-refractivity contribution < 1.29 is 9.32 Å². The average Bonchev–Trinajstić information content (AvgIpc) is 3.25. The number of benzene rings is 2. The molecule has 2 aromatic carbocycles. The number of hydrogen-bond acceptors (Lipinski definition) is 5. The number of aromatic nitrogens is 3. The number of amides is 1. The molecular weight excluding hydrogens is 360 g/mol. The molecule has 2 heterocycles. The molecule has 0 fully saturated rings. The Kier molecular flexibility index (Phi) is 4.68. The third-order valence-corrected chi connectivity index (χ3v) is 5.20. The number of nitrogens with one attached hydrogen (secondary N) is 2. The molecule has 0 saturated carbocycles. The van der Waals surface area contributed by atoms with Crippen LogP contribution in [0, 0.1) is 13.8 Å². The van der Waals surface area contributed by atoms with E-state index in [-0.39, 0.29) is 5.91 Å². The number of aromatic amines is 1. The van der Waals surface area contributed by atoms with Crippen molar-refractivity contribution in [2.24, 2.45) is 0 Å². The Morgan fingerprint density at radius 3 is 2.70 bits per heavy atom. The summed E-state index contributed by atoms with van der Waals surface area (Å²) in [7, 11) is 0. The summed E-state index contributed by atoms with van der Waals surface area (Å²) in [6, 6.07) is 17.3. The van der Waals surface area contributed by atoms with Crippen molar-refractivity contribution in [1.82, 2.24) is 15.1 Å². The normalized spacial score (nSPS) is 12.2. The Labute approximate surface area is 160 Å². The van der Waals surface area contributed by atoms with Crippen LogP contribution in [0.4, 0.5) is 5.82 Å². The third kappa shape index (κ3) is 3.88. The standard InChI is InChI=1S/C20H18N4O2S/c1-12-8-9-15-16(10-12)22-20(21-15)27-18(14-6-4-3-5-7-14)19(25)23-17-11-13(2)26-24-17/h3-11,18H,1-2H3,(H,21,22)(H,23,24,25)/t18-/m1/s1. The van der Waals surface area contributed by atoms with E-state index in [9.17, 15) is 4.79 Å². The molecule has 0 radical (unpaired) electrons. The van der Waals surface area contributed by atoms with Gasteiger partial charge >= 0.3 is 0 Å². The van der Waals surface area contributed by atoms with E-state index in [0.29, 0.717) is 16.7 Å². The molecule has 136 valence electrons. The van der Waals surface area contributed by atoms with Crippen LogP contribution in [-0.4, -0.2) is 21.0 Å². The number of imidazole rings is 1. The van der Waals surface area contributed by atoms with E-state index in [1.807, 2.05) is 55.5 Å². The maximum atomic E-state index is 12.9. The molecule has 1 amide bonds. The number of rotatable bonds is 5. The van der Waals surface area contributed by atoms with Crippen molar-refractivity contribution in [2.75, 3.05) is 5.32 Å². The van der Waals surface area contributed by atoms with Crippen LogP contribution in [-0.2, 0) is 4.79 Å². The molecule has 0 saturated heterocycles. The lowest BCUT2D eigenvalue weighted by Crippen LogP contribution is -2.19. The van der Waals surface area contributed by atoms with Crippen LogP contribution in [0.25, 0.3) is 11.0 Å². The SMILES string of the molecule is Cc1ccc2nc(S[C@@H](C(=O)Nc3cc(C)on3)c3ccccc3)[nH]c2c1. The third-order valence-electron chi connectivity index (χ3n) is 4.06. The van der Waals surface area contributed by atoms with Crippen LogP contribution in [0.3, 0.4) is 0 Å². The summed E-state index contributed by atoms with van der Waals surface area (Å²) >= 11 is 1.37. The summed E-state index contributed by atoms with van der Waals surface area (Å²) in [6.07, 6.45) is 0. The highest BCUT2D eigenvalue weighted by Gasteiger charge is 2.24. The first-order valence-electron chi connectivity index (χ1n) is 8.50. The highest BCUT2D eigenvalue weighted by Crippen LogP contribution is 2.35. The maximum Gasteiger partial charge on any atom is 0.243 e. The number of carbonyl (C=O) groups is 1. The number of fused-ring (bicyclic) bond motifs is 1. The van der Waals surface area contributed by atoms with Gasteiger partial charge in [0.05, 0.1) is 11.0 Å². The first-order chi connectivity index (χ1) is 13.1. The number of anilines is 1. The molecular formula is C20H18N4O2S. The summed E-state index contributed by atoms with van der Waals surface area (Å²) in [5.41, 5.74) is 3.87. The zero-order chi connectivity index (χ0) is 18.8. The quantitative estimate of drug-likeness (QED) is 0.494. The van der Waals surface area contributed by atoms with E-state index in [4.69, 9.17) is 4.52 Å². The van der Waals surface area contributed by atoms with Gasteiger partial charge in [-0.1, -0.05) is 53.3 Å². The summed E-state index contributed by atoms with van der Waals surface area (Å²) in [5.74, 6) is 0.859. The lowest BCUT2D eigenvalue weighted by Gasteiger charge is -2.14. The molecule has 4 rings (SSSR count). The fourth-order valence-corrected chi connectivity index (χ4v) is 3.79. The lowest BCUT2D eigenvalue weighted by molar-refractivity contribution is -0.115. The molecule has 7 heteroatoms. The van der Waals surface area contributed by atoms with Crippen LogP contribution < -0.4 is 5.32 Å². The van der Waals surface area contributed by atoms with E-state index < -0.39 is 5.25 Å². The van der Waals surface area contributed by atoms with Crippen LogP contribution in [0.1, 0.15) is 22.1 Å². The molecule has 0 aliphatic carbocycles. The zero-order valence-electron chi connectivity index (χ0n) is 14.9. The molecule has 6 nitrogen and oxygen atoms in total. The molecule has 27 heavy (non-hydrogen) atoms. The number of hydrogen-bond donors (Lipinski definition) is 2. The molecule has 1 atom stereocenters. The van der Waals surface area contributed by atoms with Crippen molar-refractivity contribution in [3.8, 4) is 0 Å². The predicted molar refractivity (Wildman–Crippen MR) is 106 cm³/mol. The topological polar surface area (TPSA) is 83.8 Å². The Morgan fingerprint density at radius 1 is 1.15 bits per heavy atom. The number of H-pyrrole nitrogens is 1. The predicted octanol–water partition coefficient (Wildman–Crippen LogP) is 4.64. The fraction of sp³-hybridized carbons (Fsp3) is 0.150. The number of carbonyl (C=O) groups excluding carboxylic acids is 1. The van der Waals surface area contributed by atoms with Gasteiger partial charge in [-0.3, -0.25) is 4.79 Å². The Bertz CT molecular complexity index is 1090. The summed E-state index contributed by atoms with van der Waals surface area (Å²) in [5, 5.41) is 6.87. The maximum absolute atomic E-state index is 12.9. The summed E-state index contributed by atoms with van der Waals surface area (Å²) < 4.78 is 5.03. The molecule has 4 aromatic rings. The molecule has 0 aliphatic heterocycles. The Balaban J connectivity index is 1.63. The van der Waals surface area contributed by atoms with Crippen molar-refractivity contribution in [2.45, 2.75) is 24.3 Å². The van der Waals surface area contributed by atoms with Crippen LogP contribution >= 0.6 is 11.8 Å². The van der Waals surface area contributed by atoms with Crippen molar-refractivity contribution in [1.29, 1.82) is 0 Å². The summed E-state index contributed by atoms with van der Waals surface area (Å²) in [6.45, 7) is 3.82. The van der Waals surface area contributed by atoms with Gasteiger partial charge in [-0.15, -0.1) is 0 Å². The smallest absolute Gasteiger partial charge is 0.243 e. The van der Waals surface area contributed by atoms with Crippen molar-refractivity contribution in [3.63, 3.8) is 0 Å². The van der Waals surface area contributed by atoms with E-state index in [1.165, 1.54) is 11.8 Å². The molecule has 0 bridgehead atoms. The van der Waals surface area contributed by atoms with Gasteiger partial charge in [-0.25, -0.2) is 4.98 Å². The molecule has 0 unspecified atom stereocenters. The molecule has 0 aliphatic rings.